The Hall–Kier alpha value is -2.96. The summed E-state index contributed by atoms with van der Waals surface area (Å²) in [5, 5.41) is 6.84. The van der Waals surface area contributed by atoms with Crippen molar-refractivity contribution in [2.24, 2.45) is 7.05 Å². The number of benzene rings is 1. The van der Waals surface area contributed by atoms with Crippen LogP contribution < -0.4 is 5.32 Å². The van der Waals surface area contributed by atoms with Gasteiger partial charge in [0, 0.05) is 25.0 Å². The molecular weight excluding hydrogens is 323 g/mol. The van der Waals surface area contributed by atoms with Gasteiger partial charge in [-0.2, -0.15) is 0 Å². The number of halogens is 1. The quantitative estimate of drug-likeness (QED) is 0.773. The summed E-state index contributed by atoms with van der Waals surface area (Å²) in [5.74, 6) is 0.776. The van der Waals surface area contributed by atoms with Gasteiger partial charge in [0.1, 0.15) is 23.4 Å². The third kappa shape index (κ3) is 3.60. The van der Waals surface area contributed by atoms with Crippen molar-refractivity contribution in [2.75, 3.05) is 0 Å². The van der Waals surface area contributed by atoms with Gasteiger partial charge in [-0.05, 0) is 31.5 Å². The van der Waals surface area contributed by atoms with Gasteiger partial charge in [-0.25, -0.2) is 9.37 Å². The van der Waals surface area contributed by atoms with E-state index in [9.17, 15) is 9.18 Å². The van der Waals surface area contributed by atoms with E-state index in [1.165, 1.54) is 12.1 Å². The Kier molecular flexibility index (Phi) is 4.65. The number of nitrogens with zero attached hydrogens (tertiary/aromatic N) is 3. The molecule has 0 aliphatic carbocycles. The van der Waals surface area contributed by atoms with Crippen molar-refractivity contribution in [2.45, 2.75) is 26.3 Å². The third-order valence-electron chi connectivity index (χ3n) is 4.14. The minimum absolute atomic E-state index is 0.156. The van der Waals surface area contributed by atoms with Crippen molar-refractivity contribution in [3.05, 3.63) is 70.9 Å². The highest BCUT2D eigenvalue weighted by molar-refractivity contribution is 5.79. The largest absolute Gasteiger partial charge is 0.361 e. The predicted octanol–water partition coefficient (Wildman–Crippen LogP) is 2.61. The van der Waals surface area contributed by atoms with Crippen LogP contribution in [-0.4, -0.2) is 20.6 Å². The Morgan fingerprint density at radius 1 is 1.32 bits per heavy atom. The first-order valence-electron chi connectivity index (χ1n) is 7.89. The summed E-state index contributed by atoms with van der Waals surface area (Å²) in [4.78, 5) is 16.9. The lowest BCUT2D eigenvalue weighted by molar-refractivity contribution is -0.121. The van der Waals surface area contributed by atoms with E-state index < -0.39 is 6.04 Å². The Balaban J connectivity index is 1.86. The number of amides is 1. The zero-order valence-corrected chi connectivity index (χ0v) is 14.3. The van der Waals surface area contributed by atoms with Crippen molar-refractivity contribution in [3.63, 3.8) is 0 Å². The minimum Gasteiger partial charge on any atom is -0.361 e. The summed E-state index contributed by atoms with van der Waals surface area (Å²) in [6, 6.07) is 5.54. The van der Waals surface area contributed by atoms with Crippen molar-refractivity contribution in [1.29, 1.82) is 0 Å². The summed E-state index contributed by atoms with van der Waals surface area (Å²) in [7, 11) is 1.85. The molecule has 1 N–H and O–H groups in total. The van der Waals surface area contributed by atoms with Gasteiger partial charge >= 0.3 is 0 Å². The van der Waals surface area contributed by atoms with Crippen molar-refractivity contribution >= 4 is 5.91 Å². The van der Waals surface area contributed by atoms with Crippen LogP contribution in [0.2, 0.25) is 0 Å². The highest BCUT2D eigenvalue weighted by atomic mass is 19.1. The van der Waals surface area contributed by atoms with Crippen LogP contribution >= 0.6 is 0 Å². The molecule has 7 heteroatoms. The van der Waals surface area contributed by atoms with Gasteiger partial charge in [-0.15, -0.1) is 0 Å². The van der Waals surface area contributed by atoms with E-state index in [1.807, 2.05) is 11.6 Å². The molecule has 3 aromatic rings. The number of rotatable bonds is 5. The monoisotopic (exact) mass is 342 g/mol. The lowest BCUT2D eigenvalue weighted by Gasteiger charge is -2.19. The molecule has 25 heavy (non-hydrogen) atoms. The number of hydrogen-bond donors (Lipinski definition) is 1. The number of aryl methyl sites for hydroxylation is 3. The maximum absolute atomic E-state index is 13.2. The SMILES string of the molecule is Cc1noc(C)c1CC(=O)N[C@@H](c1ccc(F)cc1)c1nccn1C. The molecule has 3 rings (SSSR count). The van der Waals surface area contributed by atoms with Gasteiger partial charge in [0.15, 0.2) is 0 Å². The van der Waals surface area contributed by atoms with E-state index in [-0.39, 0.29) is 18.1 Å². The Morgan fingerprint density at radius 2 is 2.04 bits per heavy atom. The zero-order valence-electron chi connectivity index (χ0n) is 14.3. The second kappa shape index (κ2) is 6.88. The normalized spacial score (nSPS) is 12.2. The van der Waals surface area contributed by atoms with Gasteiger partial charge in [-0.3, -0.25) is 4.79 Å². The standard InChI is InChI=1S/C18H19FN4O2/c1-11-15(12(2)25-22-11)10-16(24)21-17(18-20-8-9-23(18)3)13-4-6-14(19)7-5-13/h4-9,17H,10H2,1-3H3,(H,21,24)/t17-/m0/s1. The van der Waals surface area contributed by atoms with E-state index in [0.29, 0.717) is 17.3 Å². The average Bonchev–Trinajstić information content (AvgIpc) is 3.14. The topological polar surface area (TPSA) is 73.0 Å². The fourth-order valence-electron chi connectivity index (χ4n) is 2.73. The second-order valence-corrected chi connectivity index (χ2v) is 5.93. The maximum atomic E-state index is 13.2. The molecular formula is C18H19FN4O2. The molecule has 0 saturated carbocycles. The van der Waals surface area contributed by atoms with Crippen LogP contribution in [0.15, 0.2) is 41.2 Å². The molecule has 2 heterocycles. The number of carbonyl (C=O) groups excluding carboxylic acids is 1. The number of nitrogens with one attached hydrogen (secondary N) is 1. The van der Waals surface area contributed by atoms with Crippen molar-refractivity contribution < 1.29 is 13.7 Å². The molecule has 0 radical (unpaired) electrons. The van der Waals surface area contributed by atoms with Crippen LogP contribution in [0, 0.1) is 19.7 Å². The predicted molar refractivity (Wildman–Crippen MR) is 89.3 cm³/mol. The fraction of sp³-hybridized carbons (Fsp3) is 0.278. The van der Waals surface area contributed by atoms with Crippen LogP contribution in [0.25, 0.3) is 0 Å². The van der Waals surface area contributed by atoms with Gasteiger partial charge in [0.2, 0.25) is 5.91 Å². The second-order valence-electron chi connectivity index (χ2n) is 5.93. The van der Waals surface area contributed by atoms with E-state index in [0.717, 1.165) is 11.1 Å². The van der Waals surface area contributed by atoms with E-state index >= 15 is 0 Å². The molecule has 0 aliphatic heterocycles. The van der Waals surface area contributed by atoms with Crippen LogP contribution in [-0.2, 0) is 18.3 Å². The number of aromatic nitrogens is 3. The first-order valence-corrected chi connectivity index (χ1v) is 7.89. The molecule has 130 valence electrons. The molecule has 2 aromatic heterocycles. The van der Waals surface area contributed by atoms with E-state index in [1.54, 1.807) is 38.4 Å². The summed E-state index contributed by atoms with van der Waals surface area (Å²) >= 11 is 0. The van der Waals surface area contributed by atoms with Crippen LogP contribution in [0.1, 0.15) is 34.4 Å². The molecule has 0 unspecified atom stereocenters. The maximum Gasteiger partial charge on any atom is 0.225 e. The fourth-order valence-corrected chi connectivity index (χ4v) is 2.73. The van der Waals surface area contributed by atoms with Crippen LogP contribution in [0.4, 0.5) is 4.39 Å². The molecule has 1 amide bonds. The summed E-state index contributed by atoms with van der Waals surface area (Å²) in [6.07, 6.45) is 3.61. The molecule has 0 spiro atoms. The van der Waals surface area contributed by atoms with Crippen molar-refractivity contribution in [1.82, 2.24) is 20.0 Å². The summed E-state index contributed by atoms with van der Waals surface area (Å²) < 4.78 is 20.2. The summed E-state index contributed by atoms with van der Waals surface area (Å²) in [6.45, 7) is 3.58. The first-order chi connectivity index (χ1) is 12.0. The smallest absolute Gasteiger partial charge is 0.225 e. The van der Waals surface area contributed by atoms with Gasteiger partial charge in [0.25, 0.3) is 0 Å². The summed E-state index contributed by atoms with van der Waals surface area (Å²) in [5.41, 5.74) is 2.22. The lowest BCUT2D eigenvalue weighted by atomic mass is 10.0. The first kappa shape index (κ1) is 16.9. The van der Waals surface area contributed by atoms with E-state index in [4.69, 9.17) is 4.52 Å². The van der Waals surface area contributed by atoms with Crippen LogP contribution in [0.3, 0.4) is 0 Å². The zero-order chi connectivity index (χ0) is 18.0. The molecule has 1 aromatic carbocycles. The Labute approximate surface area is 144 Å². The number of imidazole rings is 1. The number of hydrogen-bond acceptors (Lipinski definition) is 4. The Bertz CT molecular complexity index is 863. The highest BCUT2D eigenvalue weighted by Gasteiger charge is 2.22. The van der Waals surface area contributed by atoms with Gasteiger partial charge in [-0.1, -0.05) is 17.3 Å². The molecule has 0 saturated heterocycles. The average molecular weight is 342 g/mol. The molecule has 0 aliphatic rings. The van der Waals surface area contributed by atoms with Gasteiger partial charge in [0.05, 0.1) is 12.1 Å². The van der Waals surface area contributed by atoms with Gasteiger partial charge < -0.3 is 14.4 Å². The molecule has 0 bridgehead atoms. The number of carbonyl (C=O) groups is 1. The molecule has 0 fully saturated rings. The lowest BCUT2D eigenvalue weighted by Crippen LogP contribution is -2.32. The minimum atomic E-state index is -0.478. The Morgan fingerprint density at radius 3 is 2.60 bits per heavy atom. The van der Waals surface area contributed by atoms with E-state index in [2.05, 4.69) is 15.5 Å². The van der Waals surface area contributed by atoms with Crippen LogP contribution in [0.5, 0.6) is 0 Å². The molecule has 1 atom stereocenters. The van der Waals surface area contributed by atoms with Crippen molar-refractivity contribution in [3.8, 4) is 0 Å². The highest BCUT2D eigenvalue weighted by Crippen LogP contribution is 2.21. The third-order valence-corrected chi connectivity index (χ3v) is 4.14. The molecule has 6 nitrogen and oxygen atoms in total.